The maximum Gasteiger partial charge on any atom is 1.00 e. The molecule has 0 saturated heterocycles. The van der Waals surface area contributed by atoms with Crippen LogP contribution in [0.2, 0.25) is 0 Å². The molecule has 0 fully saturated rings. The topological polar surface area (TPSA) is 178 Å². The fourth-order valence-electron chi connectivity index (χ4n) is 1.17. The molecule has 0 aromatic heterocycles. The molecule has 0 aromatic rings. The number of nitrogens with zero attached hydrogens (tertiary/aromatic N) is 1. The molecule has 0 aromatic carbocycles. The third kappa shape index (κ3) is 22.2. The molecule has 0 bridgehead atoms. The van der Waals surface area contributed by atoms with E-state index in [2.05, 4.69) is 0 Å². The van der Waals surface area contributed by atoms with Crippen molar-refractivity contribution in [3.05, 3.63) is 0 Å². The van der Waals surface area contributed by atoms with E-state index in [4.69, 9.17) is 0 Å². The van der Waals surface area contributed by atoms with Crippen molar-refractivity contribution in [2.45, 2.75) is 18.9 Å². The van der Waals surface area contributed by atoms with Gasteiger partial charge in [-0.25, -0.2) is 6.29 Å². The van der Waals surface area contributed by atoms with Gasteiger partial charge in [-0.05, 0) is 0 Å². The first-order valence-electron chi connectivity index (χ1n) is 4.37. The van der Waals surface area contributed by atoms with Gasteiger partial charge >= 0.3 is 118 Å². The van der Waals surface area contributed by atoms with Crippen LogP contribution in [0.15, 0.2) is 0 Å². The number of carbonyl (C=O) groups excluding carboxylic acids is 4. The van der Waals surface area contributed by atoms with Gasteiger partial charge in [-0.15, -0.1) is 0 Å². The molecule has 0 heterocycles. The minimum Gasteiger partial charge on any atom is -0.870 e. The van der Waals surface area contributed by atoms with Crippen molar-refractivity contribution in [2.24, 2.45) is 0 Å². The summed E-state index contributed by atoms with van der Waals surface area (Å²) < 4.78 is 0. The van der Waals surface area contributed by atoms with Gasteiger partial charge < -0.3 is 45.2 Å². The van der Waals surface area contributed by atoms with E-state index in [1.54, 1.807) is 0 Å². The Bertz CT molecular complexity index is 295. The molecule has 0 saturated carbocycles. The van der Waals surface area contributed by atoms with Crippen molar-refractivity contribution in [1.82, 2.24) is 4.90 Å². The van der Waals surface area contributed by atoms with Gasteiger partial charge in [-0.1, -0.05) is 13.0 Å². The summed E-state index contributed by atoms with van der Waals surface area (Å²) in [5, 5.41) is 21.0. The van der Waals surface area contributed by atoms with E-state index in [0.717, 1.165) is 4.90 Å². The molecule has 0 amide bonds. The van der Waals surface area contributed by atoms with Gasteiger partial charge in [0.2, 0.25) is 0 Å². The van der Waals surface area contributed by atoms with Crippen LogP contribution in [-0.4, -0.2) is 59.5 Å². The van der Waals surface area contributed by atoms with Crippen LogP contribution < -0.4 is 128 Å². The summed E-state index contributed by atoms with van der Waals surface area (Å²) in [6.07, 6.45) is 2.48. The van der Waals surface area contributed by atoms with E-state index < -0.39 is 31.1 Å². The molecule has 1 atom stereocenters. The number of carbonyl (C=O) groups is 2. The van der Waals surface area contributed by atoms with Crippen molar-refractivity contribution in [2.75, 3.05) is 13.1 Å². The predicted molar refractivity (Wildman–Crippen MR) is 49.9 cm³/mol. The van der Waals surface area contributed by atoms with Gasteiger partial charge in [0.15, 0.2) is 0 Å². The molecular weight excluding hydrogens is 342 g/mol. The Hall–Kier alpha value is 2.16. The fourth-order valence-corrected chi connectivity index (χ4v) is 1.17. The number of carboxylic acid groups (broad SMARTS) is 2. The van der Waals surface area contributed by atoms with Crippen LogP contribution in [0.25, 0.3) is 0 Å². The second-order valence-electron chi connectivity index (χ2n) is 2.94. The van der Waals surface area contributed by atoms with Crippen molar-refractivity contribution >= 4 is 24.5 Å². The van der Waals surface area contributed by atoms with Crippen LogP contribution in [-0.2, 0) is 19.2 Å². The molecule has 0 aliphatic rings. The summed E-state index contributed by atoms with van der Waals surface area (Å²) >= 11 is 0. The smallest absolute Gasteiger partial charge is 0.870 e. The summed E-state index contributed by atoms with van der Waals surface area (Å²) in [4.78, 5) is 41.9. The largest absolute Gasteiger partial charge is 1.00 e. The average molecular weight is 353 g/mol. The Kier molecular flexibility index (Phi) is 56.0. The molecule has 9 nitrogen and oxygen atoms in total. The molecular formula is C9H11NNa4O8-2. The van der Waals surface area contributed by atoms with E-state index >= 15 is 0 Å². The Morgan fingerprint density at radius 2 is 1.41 bits per heavy atom. The average Bonchev–Trinajstić information content (AvgIpc) is 2.17. The maximum absolute atomic E-state index is 10.7. The van der Waals surface area contributed by atoms with Crippen LogP contribution in [0.5, 0.6) is 0 Å². The quantitative estimate of drug-likeness (QED) is 0.287. The molecule has 0 aliphatic heterocycles. The first kappa shape index (κ1) is 44.0. The summed E-state index contributed by atoms with van der Waals surface area (Å²) in [5.74, 6) is -3.09. The Balaban J connectivity index is -0.0000000750. The number of hydrogen-bond acceptors (Lipinski definition) is 9. The van der Waals surface area contributed by atoms with Crippen molar-refractivity contribution in [3.8, 4) is 0 Å². The molecule has 0 unspecified atom stereocenters. The zero-order valence-corrected chi connectivity index (χ0v) is 21.2. The Labute approximate surface area is 216 Å². The third-order valence-corrected chi connectivity index (χ3v) is 1.83. The van der Waals surface area contributed by atoms with Crippen molar-refractivity contribution in [1.29, 1.82) is 0 Å². The van der Waals surface area contributed by atoms with Crippen LogP contribution >= 0.6 is 0 Å². The monoisotopic (exact) mass is 353 g/mol. The normalized spacial score (nSPS) is 8.77. The number of rotatable bonds is 9. The van der Waals surface area contributed by atoms with E-state index in [9.17, 15) is 29.4 Å². The molecule has 0 radical (unpaired) electrons. The van der Waals surface area contributed by atoms with Gasteiger partial charge in [-0.2, -0.15) is 6.42 Å². The minimum atomic E-state index is -1.56. The summed E-state index contributed by atoms with van der Waals surface area (Å²) in [7, 11) is 0. The van der Waals surface area contributed by atoms with Gasteiger partial charge in [-0.3, -0.25) is 6.29 Å². The van der Waals surface area contributed by atoms with Crippen molar-refractivity contribution in [3.63, 3.8) is 0 Å². The first-order chi connectivity index (χ1) is 7.52. The van der Waals surface area contributed by atoms with Crippen LogP contribution in [0.3, 0.4) is 0 Å². The molecule has 0 spiro atoms. The molecule has 2 N–H and O–H groups in total. The predicted octanol–water partition coefficient (Wildman–Crippen LogP) is -16.2. The number of hydrogen-bond donors (Lipinski definition) is 0. The van der Waals surface area contributed by atoms with Crippen LogP contribution in [0.1, 0.15) is 12.8 Å². The SMILES string of the molecule is O=[C-]CC[C@@H](C(=O)[O-])N(C[C-]=O)CC(=O)[O-].[Na+].[Na+].[Na+].[Na+].[OH-].[OH-]. The summed E-state index contributed by atoms with van der Waals surface area (Å²) in [6.45, 7) is -1.25. The second-order valence-corrected chi connectivity index (χ2v) is 2.94. The van der Waals surface area contributed by atoms with Gasteiger partial charge in [0.1, 0.15) is 0 Å². The van der Waals surface area contributed by atoms with Gasteiger partial charge in [0.05, 0.1) is 11.9 Å². The molecule has 0 rings (SSSR count). The Morgan fingerprint density at radius 1 is 0.955 bits per heavy atom. The summed E-state index contributed by atoms with van der Waals surface area (Å²) in [6, 6.07) is -1.35. The maximum atomic E-state index is 10.7. The number of carboxylic acids is 2. The van der Waals surface area contributed by atoms with E-state index in [-0.39, 0.29) is 142 Å². The first-order valence-corrected chi connectivity index (χ1v) is 4.37. The molecule has 22 heavy (non-hydrogen) atoms. The van der Waals surface area contributed by atoms with Crippen LogP contribution in [0.4, 0.5) is 0 Å². The standard InChI is InChI=1S/C9H11NO6.4Na.2H2O/c11-4-1-2-7(9(15)16)10(3-5-12)6-8(13)14;;;;;;/h7H,1-3,6H2,(H,13,14)(H,15,16);;;;;2*1H2/q-2;4*+1;;/p-4/t7-;;;;;;/m0....../s1. The molecule has 0 aliphatic carbocycles. The van der Waals surface area contributed by atoms with E-state index in [0.29, 0.717) is 0 Å². The molecule has 106 valence electrons. The zero-order chi connectivity index (χ0) is 12.6. The zero-order valence-electron chi connectivity index (χ0n) is 13.2. The minimum absolute atomic E-state index is 0. The molecule has 13 heteroatoms. The third-order valence-electron chi connectivity index (χ3n) is 1.83. The second kappa shape index (κ2) is 28.0. The van der Waals surface area contributed by atoms with Crippen LogP contribution in [0, 0.1) is 0 Å². The van der Waals surface area contributed by atoms with E-state index in [1.165, 1.54) is 12.6 Å². The Morgan fingerprint density at radius 3 is 1.68 bits per heavy atom. The summed E-state index contributed by atoms with van der Waals surface area (Å²) in [5.41, 5.74) is 0. The number of aliphatic carboxylic acids is 2. The van der Waals surface area contributed by atoms with E-state index in [1.807, 2.05) is 0 Å². The van der Waals surface area contributed by atoms with Gasteiger partial charge in [0.25, 0.3) is 0 Å². The van der Waals surface area contributed by atoms with Crippen molar-refractivity contribution < 1.29 is 159 Å². The van der Waals surface area contributed by atoms with Gasteiger partial charge in [0, 0.05) is 12.6 Å². The fraction of sp³-hybridized carbons (Fsp3) is 0.556.